The second-order valence-electron chi connectivity index (χ2n) is 8.82. The average molecular weight is 493 g/mol. The maximum Gasteiger partial charge on any atom is 0.469 e. The Morgan fingerprint density at radius 1 is 0.969 bits per heavy atom. The lowest BCUT2D eigenvalue weighted by Gasteiger charge is -2.39. The number of fused-ring (bicyclic) bond motifs is 1. The molecule has 9 nitrogen and oxygen atoms in total. The van der Waals surface area contributed by atoms with Crippen LogP contribution < -0.4 is 5.73 Å². The SMILES string of the molecule is CCCCCCCCc1ccc2c(c1)CCC(C(N)(COP(=O)(O)O)COP(=O)(O)O)C2. The second-order valence-corrected chi connectivity index (χ2v) is 11.3. The van der Waals surface area contributed by atoms with Crippen LogP contribution in [-0.2, 0) is 37.4 Å². The van der Waals surface area contributed by atoms with E-state index in [0.29, 0.717) is 12.8 Å². The zero-order valence-electron chi connectivity index (χ0n) is 18.7. The van der Waals surface area contributed by atoms with Crippen molar-refractivity contribution in [3.05, 3.63) is 34.9 Å². The lowest BCUT2D eigenvalue weighted by Crippen LogP contribution is -2.56. The number of phosphoric ester groups is 2. The van der Waals surface area contributed by atoms with Crippen LogP contribution in [0, 0.1) is 5.92 Å². The van der Waals surface area contributed by atoms with Crippen molar-refractivity contribution in [3.63, 3.8) is 0 Å². The molecule has 0 radical (unpaired) electrons. The molecule has 0 spiro atoms. The van der Waals surface area contributed by atoms with Crippen molar-refractivity contribution in [2.24, 2.45) is 11.7 Å². The molecule has 1 unspecified atom stereocenters. The van der Waals surface area contributed by atoms with Gasteiger partial charge in [0.15, 0.2) is 0 Å². The van der Waals surface area contributed by atoms with Crippen LogP contribution in [0.15, 0.2) is 18.2 Å². The van der Waals surface area contributed by atoms with Crippen molar-refractivity contribution in [1.29, 1.82) is 0 Å². The molecular formula is C21H37NO8P2. The quantitative estimate of drug-likeness (QED) is 0.193. The topological polar surface area (TPSA) is 160 Å². The summed E-state index contributed by atoms with van der Waals surface area (Å²) in [5.41, 5.74) is 8.49. The lowest BCUT2D eigenvalue weighted by atomic mass is 9.73. The molecule has 0 bridgehead atoms. The molecule has 1 aromatic carbocycles. The summed E-state index contributed by atoms with van der Waals surface area (Å²) in [5, 5.41) is 0. The van der Waals surface area contributed by atoms with E-state index in [0.717, 1.165) is 24.8 Å². The standard InChI is InChI=1S/C21H37NO8P2/c1-2-3-4-5-6-7-8-17-9-10-19-14-20(12-11-18(19)13-17)21(22,15-29-31(23,24)25)16-30-32(26,27)28/h9-10,13,20H,2-8,11-12,14-16,22H2,1H3,(H2,23,24,25)(H2,26,27,28). The zero-order chi connectivity index (χ0) is 23.8. The van der Waals surface area contributed by atoms with Gasteiger partial charge in [-0.2, -0.15) is 0 Å². The van der Waals surface area contributed by atoms with E-state index < -0.39 is 34.4 Å². The van der Waals surface area contributed by atoms with Gasteiger partial charge in [0.1, 0.15) is 0 Å². The molecule has 32 heavy (non-hydrogen) atoms. The van der Waals surface area contributed by atoms with Crippen molar-refractivity contribution in [1.82, 2.24) is 0 Å². The molecule has 1 atom stereocenters. The summed E-state index contributed by atoms with van der Waals surface area (Å²) in [4.78, 5) is 36.3. The fourth-order valence-corrected chi connectivity index (χ4v) is 5.07. The number of hydrogen-bond donors (Lipinski definition) is 5. The Morgan fingerprint density at radius 2 is 1.56 bits per heavy atom. The van der Waals surface area contributed by atoms with Crippen LogP contribution in [0.4, 0.5) is 0 Å². The van der Waals surface area contributed by atoms with Gasteiger partial charge in [-0.3, -0.25) is 9.05 Å². The summed E-state index contributed by atoms with van der Waals surface area (Å²) in [7, 11) is -9.60. The third kappa shape index (κ3) is 9.72. The number of hydrogen-bond acceptors (Lipinski definition) is 5. The number of nitrogens with two attached hydrogens (primary N) is 1. The molecule has 0 aromatic heterocycles. The number of phosphoric acid groups is 2. The Balaban J connectivity index is 2.02. The molecule has 0 saturated heterocycles. The van der Waals surface area contributed by atoms with Crippen LogP contribution in [-0.4, -0.2) is 38.3 Å². The van der Waals surface area contributed by atoms with E-state index in [4.69, 9.17) is 25.3 Å². The van der Waals surface area contributed by atoms with E-state index >= 15 is 0 Å². The normalized spacial score (nSPS) is 17.4. The van der Waals surface area contributed by atoms with Gasteiger partial charge >= 0.3 is 15.6 Å². The molecule has 0 saturated carbocycles. The predicted octanol–water partition coefficient (Wildman–Crippen LogP) is 3.61. The maximum absolute atomic E-state index is 11.2. The molecule has 1 aliphatic rings. The van der Waals surface area contributed by atoms with Gasteiger partial charge in [0, 0.05) is 0 Å². The van der Waals surface area contributed by atoms with Crippen molar-refractivity contribution in [2.45, 2.75) is 76.7 Å². The average Bonchev–Trinajstić information content (AvgIpc) is 2.72. The van der Waals surface area contributed by atoms with Crippen molar-refractivity contribution in [2.75, 3.05) is 13.2 Å². The van der Waals surface area contributed by atoms with Gasteiger partial charge in [-0.1, -0.05) is 57.2 Å². The first-order valence-electron chi connectivity index (χ1n) is 11.2. The number of unbranched alkanes of at least 4 members (excludes halogenated alkanes) is 5. The minimum Gasteiger partial charge on any atom is -0.321 e. The van der Waals surface area contributed by atoms with Crippen LogP contribution in [0.5, 0.6) is 0 Å². The number of benzene rings is 1. The van der Waals surface area contributed by atoms with E-state index in [9.17, 15) is 9.13 Å². The molecule has 0 heterocycles. The van der Waals surface area contributed by atoms with Gasteiger partial charge in [-0.25, -0.2) is 9.13 Å². The molecule has 0 fully saturated rings. The highest BCUT2D eigenvalue weighted by molar-refractivity contribution is 7.46. The minimum absolute atomic E-state index is 0.322. The summed E-state index contributed by atoms with van der Waals surface area (Å²) in [6.45, 7) is 1.06. The fraction of sp³-hybridized carbons (Fsp3) is 0.714. The lowest BCUT2D eigenvalue weighted by molar-refractivity contribution is 0.0593. The second kappa shape index (κ2) is 12.2. The van der Waals surface area contributed by atoms with Gasteiger partial charge in [0.05, 0.1) is 18.8 Å². The zero-order valence-corrected chi connectivity index (χ0v) is 20.5. The van der Waals surface area contributed by atoms with E-state index in [1.807, 2.05) is 0 Å². The summed E-state index contributed by atoms with van der Waals surface area (Å²) >= 11 is 0. The van der Waals surface area contributed by atoms with Crippen LogP contribution >= 0.6 is 15.6 Å². The third-order valence-electron chi connectivity index (χ3n) is 6.13. The summed E-state index contributed by atoms with van der Waals surface area (Å²) < 4.78 is 31.6. The smallest absolute Gasteiger partial charge is 0.321 e. The van der Waals surface area contributed by atoms with Crippen LogP contribution in [0.1, 0.15) is 68.6 Å². The van der Waals surface area contributed by atoms with Gasteiger partial charge in [0.2, 0.25) is 0 Å². The van der Waals surface area contributed by atoms with Gasteiger partial charge in [-0.15, -0.1) is 0 Å². The first-order chi connectivity index (χ1) is 14.9. The number of rotatable bonds is 14. The fourth-order valence-electron chi connectivity index (χ4n) is 4.25. The first kappa shape index (κ1) is 27.6. The van der Waals surface area contributed by atoms with E-state index in [1.54, 1.807) is 0 Å². The van der Waals surface area contributed by atoms with Gasteiger partial charge < -0.3 is 25.3 Å². The van der Waals surface area contributed by atoms with E-state index in [-0.39, 0.29) is 5.92 Å². The predicted molar refractivity (Wildman–Crippen MR) is 122 cm³/mol. The molecule has 2 rings (SSSR count). The molecule has 0 amide bonds. The number of aryl methyl sites for hydroxylation is 2. The largest absolute Gasteiger partial charge is 0.469 e. The Kier molecular flexibility index (Phi) is 10.5. The molecule has 184 valence electrons. The van der Waals surface area contributed by atoms with E-state index in [2.05, 4.69) is 34.2 Å². The van der Waals surface area contributed by atoms with Crippen molar-refractivity contribution < 1.29 is 37.8 Å². The monoisotopic (exact) mass is 493 g/mol. The summed E-state index contributed by atoms with van der Waals surface area (Å²) in [6, 6.07) is 6.37. The van der Waals surface area contributed by atoms with Crippen molar-refractivity contribution in [3.8, 4) is 0 Å². The highest BCUT2D eigenvalue weighted by Crippen LogP contribution is 2.42. The Bertz CT molecular complexity index is 796. The maximum atomic E-state index is 11.2. The Hall–Kier alpha value is -0.600. The minimum atomic E-state index is -4.80. The summed E-state index contributed by atoms with van der Waals surface area (Å²) in [5.74, 6) is -0.322. The van der Waals surface area contributed by atoms with Crippen LogP contribution in [0.3, 0.4) is 0 Å². The molecular weight excluding hydrogens is 456 g/mol. The van der Waals surface area contributed by atoms with Crippen LogP contribution in [0.25, 0.3) is 0 Å². The Morgan fingerprint density at radius 3 is 2.16 bits per heavy atom. The highest BCUT2D eigenvalue weighted by Gasteiger charge is 2.41. The molecule has 11 heteroatoms. The molecule has 1 aromatic rings. The molecule has 6 N–H and O–H groups in total. The summed E-state index contributed by atoms with van der Waals surface area (Å²) in [6.07, 6.45) is 10.4. The van der Waals surface area contributed by atoms with Gasteiger partial charge in [0.25, 0.3) is 0 Å². The van der Waals surface area contributed by atoms with Crippen molar-refractivity contribution >= 4 is 15.6 Å². The molecule has 1 aliphatic carbocycles. The van der Waals surface area contributed by atoms with Gasteiger partial charge in [-0.05, 0) is 54.7 Å². The third-order valence-corrected chi connectivity index (χ3v) is 7.06. The first-order valence-corrected chi connectivity index (χ1v) is 14.3. The highest BCUT2D eigenvalue weighted by atomic mass is 31.2. The van der Waals surface area contributed by atoms with E-state index in [1.165, 1.54) is 43.2 Å². The molecule has 0 aliphatic heterocycles. The van der Waals surface area contributed by atoms with Crippen LogP contribution in [0.2, 0.25) is 0 Å². The Labute approximate surface area is 190 Å².